The number of nitrogens with one attached hydrogen (secondary N) is 1. The van der Waals surface area contributed by atoms with Gasteiger partial charge in [-0.3, -0.25) is 9.59 Å². The molecule has 0 bridgehead atoms. The third-order valence-electron chi connectivity index (χ3n) is 4.13. The van der Waals surface area contributed by atoms with Crippen LogP contribution >= 0.6 is 0 Å². The second-order valence-electron chi connectivity index (χ2n) is 6.39. The second kappa shape index (κ2) is 9.61. The topological polar surface area (TPSA) is 111 Å². The van der Waals surface area contributed by atoms with Crippen LogP contribution in [0.3, 0.4) is 0 Å². The zero-order chi connectivity index (χ0) is 21.6. The van der Waals surface area contributed by atoms with E-state index < -0.39 is 34.3 Å². The molecule has 0 saturated carbocycles. The molecule has 11 heteroatoms. The molecule has 1 heterocycles. The molecule has 2 aromatic rings. The molecule has 0 fully saturated rings. The Kier molecular flexibility index (Phi) is 7.46. The highest BCUT2D eigenvalue weighted by atomic mass is 32.2. The number of aryl methyl sites for hydroxylation is 2. The summed E-state index contributed by atoms with van der Waals surface area (Å²) in [5, 5.41) is -0.143. The van der Waals surface area contributed by atoms with Gasteiger partial charge in [0.25, 0.3) is 15.9 Å². The Morgan fingerprint density at radius 1 is 1.31 bits per heavy atom. The standard InChI is InChI=1S/C18H23FN4O5S/c1-13-21-16(11-22(13)2)29(26,27)20-9-8-18(25)28-12-17(24)23(3)10-14-6-4-5-7-15(14)19/h4-7,11,20H,8-10,12H2,1-3H3. The summed E-state index contributed by atoms with van der Waals surface area (Å²) in [6, 6.07) is 6.05. The van der Waals surface area contributed by atoms with Crippen LogP contribution in [-0.2, 0) is 37.9 Å². The number of amides is 1. The van der Waals surface area contributed by atoms with Crippen LogP contribution in [-0.4, -0.2) is 54.9 Å². The van der Waals surface area contributed by atoms with E-state index in [-0.39, 0.29) is 24.5 Å². The number of hydrogen-bond acceptors (Lipinski definition) is 6. The van der Waals surface area contributed by atoms with Gasteiger partial charge in [0, 0.05) is 38.9 Å². The smallest absolute Gasteiger partial charge is 0.307 e. The van der Waals surface area contributed by atoms with Crippen molar-refractivity contribution in [2.45, 2.75) is 24.9 Å². The van der Waals surface area contributed by atoms with Crippen LogP contribution in [0.15, 0.2) is 35.5 Å². The third-order valence-corrected chi connectivity index (χ3v) is 5.46. The van der Waals surface area contributed by atoms with Crippen molar-refractivity contribution in [3.05, 3.63) is 47.7 Å². The lowest BCUT2D eigenvalue weighted by Crippen LogP contribution is -2.32. The van der Waals surface area contributed by atoms with E-state index in [0.717, 1.165) is 0 Å². The van der Waals surface area contributed by atoms with Crippen LogP contribution in [0, 0.1) is 12.7 Å². The lowest BCUT2D eigenvalue weighted by atomic mass is 10.2. The van der Waals surface area contributed by atoms with Crippen LogP contribution < -0.4 is 4.72 Å². The molecule has 0 saturated heterocycles. The first-order chi connectivity index (χ1) is 13.6. The molecule has 1 N–H and O–H groups in total. The molecule has 2 rings (SSSR count). The molecule has 0 radical (unpaired) electrons. The van der Waals surface area contributed by atoms with Gasteiger partial charge < -0.3 is 14.2 Å². The lowest BCUT2D eigenvalue weighted by molar-refractivity contribution is -0.151. The Labute approximate surface area is 168 Å². The molecule has 0 spiro atoms. The Bertz CT molecular complexity index is 970. The number of carbonyl (C=O) groups is 2. The number of aromatic nitrogens is 2. The lowest BCUT2D eigenvalue weighted by Gasteiger charge is -2.17. The van der Waals surface area contributed by atoms with E-state index in [2.05, 4.69) is 9.71 Å². The van der Waals surface area contributed by atoms with E-state index in [4.69, 9.17) is 4.74 Å². The maximum atomic E-state index is 13.6. The summed E-state index contributed by atoms with van der Waals surface area (Å²) in [6.45, 7) is 0.981. The number of nitrogens with zero attached hydrogens (tertiary/aromatic N) is 3. The maximum Gasteiger partial charge on any atom is 0.307 e. The van der Waals surface area contributed by atoms with Crippen molar-refractivity contribution >= 4 is 21.9 Å². The number of likely N-dealkylation sites (N-methyl/N-ethyl adjacent to an activating group) is 1. The van der Waals surface area contributed by atoms with Gasteiger partial charge in [0.1, 0.15) is 11.6 Å². The molecular formula is C18H23FN4O5S. The summed E-state index contributed by atoms with van der Waals surface area (Å²) in [7, 11) is -0.712. The van der Waals surface area contributed by atoms with Crippen molar-refractivity contribution in [1.82, 2.24) is 19.2 Å². The first-order valence-electron chi connectivity index (χ1n) is 8.73. The maximum absolute atomic E-state index is 13.6. The summed E-state index contributed by atoms with van der Waals surface area (Å²) in [5.41, 5.74) is 0.342. The minimum absolute atomic E-state index is 0.0341. The molecule has 0 atom stereocenters. The number of rotatable bonds is 9. The molecule has 1 amide bonds. The van der Waals surface area contributed by atoms with E-state index in [1.165, 1.54) is 24.2 Å². The molecular weight excluding hydrogens is 403 g/mol. The van der Waals surface area contributed by atoms with Gasteiger partial charge in [-0.1, -0.05) is 18.2 Å². The molecule has 0 aliphatic carbocycles. The fourth-order valence-electron chi connectivity index (χ4n) is 2.31. The van der Waals surface area contributed by atoms with E-state index in [1.807, 2.05) is 0 Å². The van der Waals surface area contributed by atoms with Crippen molar-refractivity contribution in [1.29, 1.82) is 0 Å². The van der Waals surface area contributed by atoms with Crippen molar-refractivity contribution < 1.29 is 27.1 Å². The number of halogens is 1. The highest BCUT2D eigenvalue weighted by Gasteiger charge is 2.19. The Balaban J connectivity index is 1.75. The van der Waals surface area contributed by atoms with E-state index >= 15 is 0 Å². The zero-order valence-corrected chi connectivity index (χ0v) is 17.2. The van der Waals surface area contributed by atoms with Gasteiger partial charge >= 0.3 is 5.97 Å². The molecule has 0 aliphatic rings. The Hall–Kier alpha value is -2.79. The van der Waals surface area contributed by atoms with Crippen molar-refractivity contribution in [3.63, 3.8) is 0 Å². The quantitative estimate of drug-likeness (QED) is 0.592. The first kappa shape index (κ1) is 22.5. The molecule has 0 unspecified atom stereocenters. The van der Waals surface area contributed by atoms with E-state index in [9.17, 15) is 22.4 Å². The van der Waals surface area contributed by atoms with Gasteiger partial charge in [-0.15, -0.1) is 0 Å². The number of carbonyl (C=O) groups excluding carboxylic acids is 2. The van der Waals surface area contributed by atoms with Gasteiger partial charge in [-0.25, -0.2) is 22.5 Å². The Morgan fingerprint density at radius 2 is 2.00 bits per heavy atom. The van der Waals surface area contributed by atoms with Gasteiger partial charge in [-0.2, -0.15) is 0 Å². The molecule has 9 nitrogen and oxygen atoms in total. The average molecular weight is 426 g/mol. The van der Waals surface area contributed by atoms with Gasteiger partial charge in [0.15, 0.2) is 11.6 Å². The van der Waals surface area contributed by atoms with Crippen molar-refractivity contribution in [2.24, 2.45) is 7.05 Å². The third kappa shape index (κ3) is 6.36. The highest BCUT2D eigenvalue weighted by molar-refractivity contribution is 7.89. The normalized spacial score (nSPS) is 11.3. The SMILES string of the molecule is Cc1nc(S(=O)(=O)NCCC(=O)OCC(=O)N(C)Cc2ccccc2F)cn1C. The molecule has 0 aliphatic heterocycles. The minimum Gasteiger partial charge on any atom is -0.456 e. The number of esters is 1. The largest absolute Gasteiger partial charge is 0.456 e. The van der Waals surface area contributed by atoms with Crippen LogP contribution in [0.5, 0.6) is 0 Å². The number of ether oxygens (including phenoxy) is 1. The predicted octanol–water partition coefficient (Wildman–Crippen LogP) is 0.738. The fourth-order valence-corrected chi connectivity index (χ4v) is 3.38. The van der Waals surface area contributed by atoms with Crippen molar-refractivity contribution in [2.75, 3.05) is 20.2 Å². The zero-order valence-electron chi connectivity index (χ0n) is 16.4. The summed E-state index contributed by atoms with van der Waals surface area (Å²) in [6.07, 6.45) is 1.11. The van der Waals surface area contributed by atoms with Crippen LogP contribution in [0.2, 0.25) is 0 Å². The van der Waals surface area contributed by atoms with Crippen molar-refractivity contribution in [3.8, 4) is 0 Å². The minimum atomic E-state index is -3.84. The summed E-state index contributed by atoms with van der Waals surface area (Å²) in [4.78, 5) is 28.9. The molecule has 1 aromatic carbocycles. The number of imidazole rings is 1. The highest BCUT2D eigenvalue weighted by Crippen LogP contribution is 2.09. The average Bonchev–Trinajstić information content (AvgIpc) is 3.01. The summed E-state index contributed by atoms with van der Waals surface area (Å²) in [5.74, 6) is -1.15. The van der Waals surface area contributed by atoms with Crippen LogP contribution in [0.4, 0.5) is 4.39 Å². The fraction of sp³-hybridized carbons (Fsp3) is 0.389. The number of hydrogen-bond donors (Lipinski definition) is 1. The monoisotopic (exact) mass is 426 g/mol. The summed E-state index contributed by atoms with van der Waals surface area (Å²) >= 11 is 0. The first-order valence-corrected chi connectivity index (χ1v) is 10.2. The van der Waals surface area contributed by atoms with Gasteiger partial charge in [0.05, 0.1) is 6.42 Å². The van der Waals surface area contributed by atoms with E-state index in [0.29, 0.717) is 11.4 Å². The summed E-state index contributed by atoms with van der Waals surface area (Å²) < 4.78 is 46.5. The van der Waals surface area contributed by atoms with E-state index in [1.54, 1.807) is 36.7 Å². The second-order valence-corrected chi connectivity index (χ2v) is 8.10. The molecule has 158 valence electrons. The number of benzene rings is 1. The van der Waals surface area contributed by atoms with Gasteiger partial charge in [0.2, 0.25) is 0 Å². The molecule has 29 heavy (non-hydrogen) atoms. The predicted molar refractivity (Wildman–Crippen MR) is 102 cm³/mol. The van der Waals surface area contributed by atoms with Crippen LogP contribution in [0.25, 0.3) is 0 Å². The number of sulfonamides is 1. The van der Waals surface area contributed by atoms with Crippen LogP contribution in [0.1, 0.15) is 17.8 Å². The molecule has 1 aromatic heterocycles. The van der Waals surface area contributed by atoms with Gasteiger partial charge in [-0.05, 0) is 13.0 Å². The Morgan fingerprint density at radius 3 is 2.62 bits per heavy atom.